The van der Waals surface area contributed by atoms with E-state index < -0.39 is 22.4 Å². The Kier molecular flexibility index (Phi) is 6.77. The monoisotopic (exact) mass is 475 g/mol. The fraction of sp³-hybridized carbons (Fsp3) is 0.273. The maximum absolute atomic E-state index is 13.9. The molecule has 12 heteroatoms. The summed E-state index contributed by atoms with van der Waals surface area (Å²) in [5.74, 6) is -3.00. The Morgan fingerprint density at radius 1 is 1.09 bits per heavy atom. The van der Waals surface area contributed by atoms with Crippen LogP contribution in [0.3, 0.4) is 0 Å². The van der Waals surface area contributed by atoms with Gasteiger partial charge in [0, 0.05) is 56.6 Å². The van der Waals surface area contributed by atoms with E-state index in [0.717, 1.165) is 24.3 Å². The van der Waals surface area contributed by atoms with E-state index >= 15 is 0 Å². The van der Waals surface area contributed by atoms with Crippen LogP contribution < -0.4 is 4.74 Å². The third kappa shape index (κ3) is 5.17. The second-order valence-electron chi connectivity index (χ2n) is 7.66. The quantitative estimate of drug-likeness (QED) is 0.385. The van der Waals surface area contributed by atoms with Crippen molar-refractivity contribution in [2.75, 3.05) is 26.2 Å². The Hall–Kier alpha value is -3.93. The van der Waals surface area contributed by atoms with E-state index in [2.05, 4.69) is 5.10 Å². The first-order chi connectivity index (χ1) is 16.3. The highest BCUT2D eigenvalue weighted by molar-refractivity contribution is 5.92. The highest BCUT2D eigenvalue weighted by atomic mass is 19.2. The molecule has 1 saturated heterocycles. The molecule has 9 nitrogen and oxygen atoms in total. The van der Waals surface area contributed by atoms with E-state index in [4.69, 9.17) is 4.74 Å². The molecule has 1 fully saturated rings. The predicted octanol–water partition coefficient (Wildman–Crippen LogP) is 3.20. The van der Waals surface area contributed by atoms with Crippen LogP contribution in [0.4, 0.5) is 18.9 Å². The van der Waals surface area contributed by atoms with Gasteiger partial charge in [0.15, 0.2) is 24.1 Å². The summed E-state index contributed by atoms with van der Waals surface area (Å²) in [5.41, 5.74) is 0.0277. The zero-order chi connectivity index (χ0) is 24.2. The number of benzene rings is 2. The Morgan fingerprint density at radius 3 is 2.59 bits per heavy atom. The highest BCUT2D eigenvalue weighted by Gasteiger charge is 2.25. The number of piperazine rings is 1. The number of ether oxygens (including phenoxy) is 1. The van der Waals surface area contributed by atoms with Crippen LogP contribution in [0.25, 0.3) is 0 Å². The first-order valence-electron chi connectivity index (χ1n) is 10.4. The van der Waals surface area contributed by atoms with Crippen molar-refractivity contribution in [2.24, 2.45) is 0 Å². The summed E-state index contributed by atoms with van der Waals surface area (Å²) in [6.45, 7) is 1.71. The van der Waals surface area contributed by atoms with Crippen LogP contribution in [0.1, 0.15) is 16.1 Å². The third-order valence-corrected chi connectivity index (χ3v) is 5.42. The van der Waals surface area contributed by atoms with Crippen molar-refractivity contribution in [1.82, 2.24) is 19.6 Å². The average molecular weight is 475 g/mol. The molecule has 178 valence electrons. The Balaban J connectivity index is 1.32. The normalized spacial score (nSPS) is 14.3. The van der Waals surface area contributed by atoms with Gasteiger partial charge in [-0.2, -0.15) is 5.10 Å². The number of amides is 1. The molecule has 0 aliphatic carbocycles. The Bertz CT molecular complexity index is 1210. The van der Waals surface area contributed by atoms with Crippen molar-refractivity contribution in [1.29, 1.82) is 0 Å². The Labute approximate surface area is 192 Å². The fourth-order valence-electron chi connectivity index (χ4n) is 3.62. The smallest absolute Gasteiger partial charge is 0.311 e. The lowest BCUT2D eigenvalue weighted by Gasteiger charge is -2.34. The minimum Gasteiger partial charge on any atom is -0.464 e. The van der Waals surface area contributed by atoms with Gasteiger partial charge in [-0.05, 0) is 18.2 Å². The molecule has 0 spiro atoms. The second-order valence-corrected chi connectivity index (χ2v) is 7.66. The van der Waals surface area contributed by atoms with Gasteiger partial charge in [0.25, 0.3) is 5.91 Å². The lowest BCUT2D eigenvalue weighted by atomic mass is 10.1. The SMILES string of the molecule is O=C(c1ccn(COc2cc(F)ccc2[N+](=O)[O-])n1)N1CCN(Cc2cccc(F)c2F)CC1. The van der Waals surface area contributed by atoms with Crippen molar-refractivity contribution >= 4 is 11.6 Å². The molecule has 1 aliphatic rings. The van der Waals surface area contributed by atoms with Crippen LogP contribution in [0.2, 0.25) is 0 Å². The number of nitro groups is 1. The number of rotatable bonds is 7. The van der Waals surface area contributed by atoms with Crippen LogP contribution in [0, 0.1) is 27.6 Å². The zero-order valence-corrected chi connectivity index (χ0v) is 17.9. The molecule has 0 radical (unpaired) electrons. The van der Waals surface area contributed by atoms with Gasteiger partial charge < -0.3 is 9.64 Å². The largest absolute Gasteiger partial charge is 0.464 e. The minimum absolute atomic E-state index is 0.155. The molecule has 2 heterocycles. The number of carbonyl (C=O) groups excluding carboxylic acids is 1. The molecule has 3 aromatic rings. The zero-order valence-electron chi connectivity index (χ0n) is 17.9. The maximum Gasteiger partial charge on any atom is 0.311 e. The van der Waals surface area contributed by atoms with Crippen LogP contribution >= 0.6 is 0 Å². The van der Waals surface area contributed by atoms with Crippen LogP contribution in [0.15, 0.2) is 48.7 Å². The molecule has 1 amide bonds. The maximum atomic E-state index is 13.9. The number of carbonyl (C=O) groups is 1. The van der Waals surface area contributed by atoms with Gasteiger partial charge in [-0.1, -0.05) is 12.1 Å². The van der Waals surface area contributed by atoms with Crippen LogP contribution in [0.5, 0.6) is 5.75 Å². The number of aromatic nitrogens is 2. The molecule has 0 unspecified atom stereocenters. The molecule has 2 aromatic carbocycles. The molecular weight excluding hydrogens is 455 g/mol. The summed E-state index contributed by atoms with van der Waals surface area (Å²) in [5, 5.41) is 15.2. The van der Waals surface area contributed by atoms with Crippen molar-refractivity contribution in [3.05, 3.63) is 87.5 Å². The molecular formula is C22H20F3N5O4. The number of hydrogen-bond donors (Lipinski definition) is 0. The number of halogens is 3. The van der Waals surface area contributed by atoms with E-state index in [9.17, 15) is 28.1 Å². The van der Waals surface area contributed by atoms with E-state index in [0.29, 0.717) is 26.2 Å². The molecule has 0 saturated carbocycles. The lowest BCUT2D eigenvalue weighted by Crippen LogP contribution is -2.48. The van der Waals surface area contributed by atoms with E-state index in [1.807, 2.05) is 4.90 Å². The summed E-state index contributed by atoms with van der Waals surface area (Å²) in [7, 11) is 0. The lowest BCUT2D eigenvalue weighted by molar-refractivity contribution is -0.386. The first-order valence-corrected chi connectivity index (χ1v) is 10.4. The molecule has 0 bridgehead atoms. The number of nitro benzene ring substituents is 1. The van der Waals surface area contributed by atoms with Crippen LogP contribution in [-0.4, -0.2) is 56.6 Å². The average Bonchev–Trinajstić information content (AvgIpc) is 3.30. The van der Waals surface area contributed by atoms with Gasteiger partial charge in [-0.25, -0.2) is 17.9 Å². The van der Waals surface area contributed by atoms with Gasteiger partial charge in [0.05, 0.1) is 4.92 Å². The predicted molar refractivity (Wildman–Crippen MR) is 113 cm³/mol. The molecule has 34 heavy (non-hydrogen) atoms. The molecule has 1 aliphatic heterocycles. The van der Waals surface area contributed by atoms with E-state index in [1.165, 1.54) is 29.1 Å². The van der Waals surface area contributed by atoms with Crippen molar-refractivity contribution < 1.29 is 27.6 Å². The van der Waals surface area contributed by atoms with Gasteiger partial charge >= 0.3 is 5.69 Å². The number of hydrogen-bond acceptors (Lipinski definition) is 6. The van der Waals surface area contributed by atoms with Crippen molar-refractivity contribution in [3.63, 3.8) is 0 Å². The summed E-state index contributed by atoms with van der Waals surface area (Å²) in [4.78, 5) is 26.7. The van der Waals surface area contributed by atoms with Crippen molar-refractivity contribution in [3.8, 4) is 5.75 Å². The highest BCUT2D eigenvalue weighted by Crippen LogP contribution is 2.27. The molecule has 0 N–H and O–H groups in total. The van der Waals surface area contributed by atoms with Gasteiger partial charge in [0.2, 0.25) is 5.75 Å². The number of nitrogens with zero attached hydrogens (tertiary/aromatic N) is 5. The van der Waals surface area contributed by atoms with Gasteiger partial charge in [0.1, 0.15) is 5.82 Å². The standard InChI is InChI=1S/C22H20F3N5O4/c23-16-4-5-19(30(32)33)20(12-16)34-14-29-7-6-18(26-29)22(31)28-10-8-27(9-11-28)13-15-2-1-3-17(24)21(15)25/h1-7,12H,8-11,13-14H2. The molecule has 4 rings (SSSR count). The van der Waals surface area contributed by atoms with Crippen LogP contribution in [-0.2, 0) is 13.3 Å². The third-order valence-electron chi connectivity index (χ3n) is 5.42. The second kappa shape index (κ2) is 9.91. The summed E-state index contributed by atoms with van der Waals surface area (Å²) >= 11 is 0. The Morgan fingerprint density at radius 2 is 1.85 bits per heavy atom. The summed E-state index contributed by atoms with van der Waals surface area (Å²) in [6.07, 6.45) is 1.47. The minimum atomic E-state index is -0.891. The summed E-state index contributed by atoms with van der Waals surface area (Å²) in [6, 6.07) is 8.42. The first kappa shape index (κ1) is 23.2. The van der Waals surface area contributed by atoms with E-state index in [-0.39, 0.29) is 41.9 Å². The van der Waals surface area contributed by atoms with Gasteiger partial charge in [-0.3, -0.25) is 19.8 Å². The molecule has 1 aromatic heterocycles. The topological polar surface area (TPSA) is 93.7 Å². The van der Waals surface area contributed by atoms with E-state index in [1.54, 1.807) is 4.90 Å². The van der Waals surface area contributed by atoms with Gasteiger partial charge in [-0.15, -0.1) is 0 Å². The fourth-order valence-corrected chi connectivity index (χ4v) is 3.62. The summed E-state index contributed by atoms with van der Waals surface area (Å²) < 4.78 is 47.3. The van der Waals surface area contributed by atoms with Crippen molar-refractivity contribution in [2.45, 2.75) is 13.3 Å². The molecule has 0 atom stereocenters.